The molecule has 2 amide bonds. The van der Waals surface area contributed by atoms with Gasteiger partial charge in [-0.2, -0.15) is 0 Å². The summed E-state index contributed by atoms with van der Waals surface area (Å²) in [6, 6.07) is 12.7. The van der Waals surface area contributed by atoms with Gasteiger partial charge < -0.3 is 10.6 Å². The highest BCUT2D eigenvalue weighted by atomic mass is 32.2. The van der Waals surface area contributed by atoms with Crippen LogP contribution in [0.5, 0.6) is 0 Å². The van der Waals surface area contributed by atoms with E-state index in [2.05, 4.69) is 16.6 Å². The van der Waals surface area contributed by atoms with Crippen LogP contribution in [-0.4, -0.2) is 32.5 Å². The molecule has 6 nitrogen and oxygen atoms in total. The molecule has 0 radical (unpaired) electrons. The van der Waals surface area contributed by atoms with Crippen LogP contribution in [0.15, 0.2) is 53.4 Å². The smallest absolute Gasteiger partial charge is 0.253 e. The fourth-order valence-electron chi connectivity index (χ4n) is 2.45. The SMILES string of the molecule is C#Cc1cccc(NC(=O)CNC(=O)c2ccccc2S(=O)(=O)CCC)c1. The number of benzene rings is 2. The standard InChI is InChI=1S/C20H20N2O4S/c1-3-12-27(25,26)18-11-6-5-10-17(18)20(24)21-14-19(23)22-16-9-7-8-15(4-2)13-16/h2,5-11,13H,3,12,14H2,1H3,(H,21,24)(H,22,23). The average Bonchev–Trinajstić information content (AvgIpc) is 2.66. The second kappa shape index (κ2) is 9.01. The monoisotopic (exact) mass is 384 g/mol. The molecule has 0 atom stereocenters. The first-order chi connectivity index (χ1) is 12.9. The maximum absolute atomic E-state index is 12.4. The number of nitrogens with one attached hydrogen (secondary N) is 2. The molecule has 0 aliphatic rings. The van der Waals surface area contributed by atoms with Gasteiger partial charge in [-0.3, -0.25) is 9.59 Å². The topological polar surface area (TPSA) is 92.3 Å². The molecule has 0 spiro atoms. The molecular weight excluding hydrogens is 364 g/mol. The van der Waals surface area contributed by atoms with E-state index >= 15 is 0 Å². The molecule has 27 heavy (non-hydrogen) atoms. The number of terminal acetylenes is 1. The van der Waals surface area contributed by atoms with E-state index in [1.54, 1.807) is 43.3 Å². The minimum Gasteiger partial charge on any atom is -0.343 e. The van der Waals surface area contributed by atoms with Crippen LogP contribution in [0.4, 0.5) is 5.69 Å². The van der Waals surface area contributed by atoms with E-state index in [-0.39, 0.29) is 22.8 Å². The number of anilines is 1. The summed E-state index contributed by atoms with van der Waals surface area (Å²) in [6.07, 6.45) is 5.76. The van der Waals surface area contributed by atoms with Crippen LogP contribution < -0.4 is 10.6 Å². The van der Waals surface area contributed by atoms with Gasteiger partial charge in [-0.15, -0.1) is 6.42 Å². The number of rotatable bonds is 7. The second-order valence-electron chi connectivity index (χ2n) is 5.77. The Balaban J connectivity index is 2.06. The molecule has 0 aliphatic carbocycles. The van der Waals surface area contributed by atoms with Gasteiger partial charge in [-0.25, -0.2) is 8.42 Å². The van der Waals surface area contributed by atoms with Gasteiger partial charge in [-0.05, 0) is 36.8 Å². The Morgan fingerprint density at radius 1 is 1.11 bits per heavy atom. The highest BCUT2D eigenvalue weighted by molar-refractivity contribution is 7.91. The first kappa shape index (κ1) is 20.2. The first-order valence-electron chi connectivity index (χ1n) is 8.34. The molecule has 140 valence electrons. The van der Waals surface area contributed by atoms with E-state index in [9.17, 15) is 18.0 Å². The lowest BCUT2D eigenvalue weighted by Crippen LogP contribution is -2.33. The molecule has 0 unspecified atom stereocenters. The normalized spacial score (nSPS) is 10.7. The van der Waals surface area contributed by atoms with Crippen molar-refractivity contribution in [1.29, 1.82) is 0 Å². The van der Waals surface area contributed by atoms with Crippen LogP contribution in [0.3, 0.4) is 0 Å². The van der Waals surface area contributed by atoms with Crippen molar-refractivity contribution in [3.8, 4) is 12.3 Å². The minimum atomic E-state index is -3.56. The number of carbonyl (C=O) groups is 2. The van der Waals surface area contributed by atoms with Gasteiger partial charge in [0.05, 0.1) is 22.8 Å². The number of amides is 2. The van der Waals surface area contributed by atoms with Crippen molar-refractivity contribution in [1.82, 2.24) is 5.32 Å². The van der Waals surface area contributed by atoms with Gasteiger partial charge in [0.1, 0.15) is 0 Å². The fourth-order valence-corrected chi connectivity index (χ4v) is 3.99. The molecule has 0 saturated carbocycles. The zero-order valence-electron chi connectivity index (χ0n) is 14.9. The van der Waals surface area contributed by atoms with Gasteiger partial charge in [-0.1, -0.05) is 31.0 Å². The Kier molecular flexibility index (Phi) is 6.74. The third-order valence-electron chi connectivity index (χ3n) is 3.66. The molecule has 2 N–H and O–H groups in total. The molecule has 2 aromatic carbocycles. The molecule has 0 fully saturated rings. The lowest BCUT2D eigenvalue weighted by atomic mass is 10.2. The average molecular weight is 384 g/mol. The number of hydrogen-bond donors (Lipinski definition) is 2. The highest BCUT2D eigenvalue weighted by Crippen LogP contribution is 2.17. The zero-order valence-corrected chi connectivity index (χ0v) is 15.7. The minimum absolute atomic E-state index is 0.0214. The first-order valence-corrected chi connectivity index (χ1v) is 9.99. The summed E-state index contributed by atoms with van der Waals surface area (Å²) < 4.78 is 24.6. The Bertz CT molecular complexity index is 991. The zero-order chi connectivity index (χ0) is 19.9. The summed E-state index contributed by atoms with van der Waals surface area (Å²) in [4.78, 5) is 24.4. The van der Waals surface area contributed by atoms with Crippen LogP contribution in [0.25, 0.3) is 0 Å². The lowest BCUT2D eigenvalue weighted by molar-refractivity contribution is -0.115. The molecule has 0 aliphatic heterocycles. The Morgan fingerprint density at radius 3 is 2.56 bits per heavy atom. The molecule has 2 rings (SSSR count). The van der Waals surface area contributed by atoms with Crippen LogP contribution in [-0.2, 0) is 14.6 Å². The van der Waals surface area contributed by atoms with Crippen LogP contribution in [0.2, 0.25) is 0 Å². The Morgan fingerprint density at radius 2 is 1.85 bits per heavy atom. The van der Waals surface area contributed by atoms with E-state index in [0.29, 0.717) is 17.7 Å². The van der Waals surface area contributed by atoms with Crippen molar-refractivity contribution in [3.05, 3.63) is 59.7 Å². The van der Waals surface area contributed by atoms with Crippen molar-refractivity contribution >= 4 is 27.3 Å². The van der Waals surface area contributed by atoms with Gasteiger partial charge in [0.15, 0.2) is 9.84 Å². The van der Waals surface area contributed by atoms with Crippen molar-refractivity contribution in [2.24, 2.45) is 0 Å². The van der Waals surface area contributed by atoms with Gasteiger partial charge in [0, 0.05) is 11.3 Å². The maximum atomic E-state index is 12.4. The molecule has 0 saturated heterocycles. The number of sulfone groups is 1. The number of hydrogen-bond acceptors (Lipinski definition) is 4. The van der Waals surface area contributed by atoms with E-state index in [4.69, 9.17) is 6.42 Å². The molecule has 0 bridgehead atoms. The Labute approximate surface area is 158 Å². The van der Waals surface area contributed by atoms with Crippen molar-refractivity contribution in [2.75, 3.05) is 17.6 Å². The van der Waals surface area contributed by atoms with E-state index in [1.807, 2.05) is 0 Å². The van der Waals surface area contributed by atoms with Crippen molar-refractivity contribution in [3.63, 3.8) is 0 Å². The molecular formula is C20H20N2O4S. The van der Waals surface area contributed by atoms with E-state index in [1.165, 1.54) is 12.1 Å². The number of carbonyl (C=O) groups excluding carboxylic acids is 2. The summed E-state index contributed by atoms with van der Waals surface area (Å²) >= 11 is 0. The maximum Gasteiger partial charge on any atom is 0.253 e. The van der Waals surface area contributed by atoms with Crippen LogP contribution >= 0.6 is 0 Å². The predicted molar refractivity (Wildman–Crippen MR) is 104 cm³/mol. The van der Waals surface area contributed by atoms with Crippen molar-refractivity contribution in [2.45, 2.75) is 18.2 Å². The summed E-state index contributed by atoms with van der Waals surface area (Å²) in [6.45, 7) is 1.45. The lowest BCUT2D eigenvalue weighted by Gasteiger charge is -2.11. The van der Waals surface area contributed by atoms with E-state index < -0.39 is 21.7 Å². The third-order valence-corrected chi connectivity index (χ3v) is 5.63. The second-order valence-corrected chi connectivity index (χ2v) is 7.85. The largest absolute Gasteiger partial charge is 0.343 e. The quantitative estimate of drug-likeness (QED) is 0.716. The van der Waals surface area contributed by atoms with Gasteiger partial charge in [0.2, 0.25) is 5.91 Å². The highest BCUT2D eigenvalue weighted by Gasteiger charge is 2.21. The summed E-state index contributed by atoms with van der Waals surface area (Å²) in [5.74, 6) is 1.33. The third kappa shape index (κ3) is 5.43. The molecule has 7 heteroatoms. The van der Waals surface area contributed by atoms with E-state index in [0.717, 1.165) is 0 Å². The molecule has 0 aromatic heterocycles. The van der Waals surface area contributed by atoms with Crippen molar-refractivity contribution < 1.29 is 18.0 Å². The predicted octanol–water partition coefficient (Wildman–Crippen LogP) is 2.22. The van der Waals surface area contributed by atoms with Crippen LogP contribution in [0, 0.1) is 12.3 Å². The summed E-state index contributed by atoms with van der Waals surface area (Å²) in [5, 5.41) is 5.07. The van der Waals surface area contributed by atoms with Gasteiger partial charge >= 0.3 is 0 Å². The molecule has 2 aromatic rings. The van der Waals surface area contributed by atoms with Gasteiger partial charge in [0.25, 0.3) is 5.91 Å². The summed E-state index contributed by atoms with van der Waals surface area (Å²) in [7, 11) is -3.56. The summed E-state index contributed by atoms with van der Waals surface area (Å²) in [5.41, 5.74) is 1.15. The fraction of sp³-hybridized carbons (Fsp3) is 0.200. The molecule has 0 heterocycles. The Hall–Kier alpha value is -3.11. The van der Waals surface area contributed by atoms with Crippen LogP contribution in [0.1, 0.15) is 29.3 Å².